The molecule has 1 aromatic rings. The molecule has 1 aromatic heterocycles. The molecule has 5 nitrogen and oxygen atoms in total. The Balaban J connectivity index is 3.54. The van der Waals surface area contributed by atoms with Crippen LogP contribution in [0.2, 0.25) is 0 Å². The zero-order valence-electron chi connectivity index (χ0n) is 9.79. The molecule has 0 atom stereocenters. The predicted molar refractivity (Wildman–Crippen MR) is 64.3 cm³/mol. The van der Waals surface area contributed by atoms with Crippen LogP contribution in [0.25, 0.3) is 0 Å². The molecular weight excluding hydrogens is 240 g/mol. The summed E-state index contributed by atoms with van der Waals surface area (Å²) in [5, 5.41) is 8.92. The fraction of sp³-hybridized carbons (Fsp3) is 0.364. The molecule has 1 heterocycles. The smallest absolute Gasteiger partial charge is 0.341 e. The number of aryl methyl sites for hydroxylation is 1. The molecule has 6 heteroatoms. The highest BCUT2D eigenvalue weighted by molar-refractivity contribution is 7.98. The molecule has 0 aliphatic carbocycles. The number of H-pyrrole nitrogens is 1. The van der Waals surface area contributed by atoms with E-state index in [1.807, 2.05) is 6.07 Å². The zero-order valence-corrected chi connectivity index (χ0v) is 10.6. The van der Waals surface area contributed by atoms with Gasteiger partial charge in [0, 0.05) is 10.6 Å². The summed E-state index contributed by atoms with van der Waals surface area (Å²) in [7, 11) is 0. The summed E-state index contributed by atoms with van der Waals surface area (Å²) < 4.78 is 4.91. The highest BCUT2D eigenvalue weighted by Gasteiger charge is 2.21. The van der Waals surface area contributed by atoms with E-state index in [-0.39, 0.29) is 17.7 Å². The number of nitrogens with one attached hydrogen (secondary N) is 1. The Labute approximate surface area is 103 Å². The highest BCUT2D eigenvalue weighted by Crippen LogP contribution is 2.24. The fourth-order valence-corrected chi connectivity index (χ4v) is 2.23. The van der Waals surface area contributed by atoms with E-state index in [1.54, 1.807) is 20.1 Å². The van der Waals surface area contributed by atoms with Crippen LogP contribution < -0.4 is 5.56 Å². The maximum absolute atomic E-state index is 11.8. The number of ether oxygens (including phenoxy) is 1. The summed E-state index contributed by atoms with van der Waals surface area (Å²) in [4.78, 5) is 26.1. The van der Waals surface area contributed by atoms with Gasteiger partial charge in [0.05, 0.1) is 12.2 Å². The molecule has 0 aliphatic heterocycles. The molecule has 0 spiro atoms. The Hall–Kier alpha value is -1.74. The quantitative estimate of drug-likeness (QED) is 0.650. The third kappa shape index (κ3) is 2.50. The van der Waals surface area contributed by atoms with Crippen LogP contribution in [0.15, 0.2) is 9.69 Å². The first-order valence-electron chi connectivity index (χ1n) is 4.94. The summed E-state index contributed by atoms with van der Waals surface area (Å²) >= 11 is 1.19. The Morgan fingerprint density at radius 3 is 2.71 bits per heavy atom. The lowest BCUT2D eigenvalue weighted by molar-refractivity contribution is 0.0520. The fourth-order valence-electron chi connectivity index (χ4n) is 1.45. The van der Waals surface area contributed by atoms with E-state index in [1.165, 1.54) is 11.8 Å². The lowest BCUT2D eigenvalue weighted by atomic mass is 10.1. The van der Waals surface area contributed by atoms with Crippen LogP contribution in [-0.2, 0) is 4.74 Å². The molecule has 90 valence electrons. The van der Waals surface area contributed by atoms with Gasteiger partial charge in [0.2, 0.25) is 0 Å². The molecule has 0 unspecified atom stereocenters. The number of aromatic amines is 1. The number of thioether (sulfide) groups is 1. The number of hydrogen-bond acceptors (Lipinski definition) is 5. The molecule has 17 heavy (non-hydrogen) atoms. The van der Waals surface area contributed by atoms with Gasteiger partial charge in [-0.25, -0.2) is 4.79 Å². The van der Waals surface area contributed by atoms with Gasteiger partial charge in [-0.1, -0.05) is 0 Å². The number of nitrogens with zero attached hydrogens (tertiary/aromatic N) is 1. The number of carbonyl (C=O) groups is 1. The van der Waals surface area contributed by atoms with Crippen molar-refractivity contribution in [2.24, 2.45) is 0 Å². The van der Waals surface area contributed by atoms with Crippen molar-refractivity contribution in [2.75, 3.05) is 12.9 Å². The molecule has 0 saturated heterocycles. The Morgan fingerprint density at radius 2 is 2.24 bits per heavy atom. The summed E-state index contributed by atoms with van der Waals surface area (Å²) in [5.74, 6) is -0.526. The number of hydrogen-bond donors (Lipinski definition) is 1. The number of rotatable bonds is 3. The Morgan fingerprint density at radius 1 is 1.59 bits per heavy atom. The van der Waals surface area contributed by atoms with Crippen molar-refractivity contribution in [1.29, 1.82) is 5.26 Å². The van der Waals surface area contributed by atoms with Gasteiger partial charge >= 0.3 is 5.97 Å². The van der Waals surface area contributed by atoms with Crippen molar-refractivity contribution in [3.8, 4) is 6.07 Å². The van der Waals surface area contributed by atoms with Gasteiger partial charge in [-0.15, -0.1) is 11.8 Å². The van der Waals surface area contributed by atoms with Gasteiger partial charge in [-0.2, -0.15) is 5.26 Å². The van der Waals surface area contributed by atoms with E-state index in [0.29, 0.717) is 10.6 Å². The average molecular weight is 252 g/mol. The molecular formula is C11H12N2O3S. The van der Waals surface area contributed by atoms with Crippen LogP contribution in [-0.4, -0.2) is 23.8 Å². The van der Waals surface area contributed by atoms with E-state index in [2.05, 4.69) is 4.98 Å². The van der Waals surface area contributed by atoms with Crippen molar-refractivity contribution in [3.05, 3.63) is 27.2 Å². The maximum Gasteiger partial charge on any atom is 0.341 e. The van der Waals surface area contributed by atoms with Crippen molar-refractivity contribution in [3.63, 3.8) is 0 Å². The first-order valence-corrected chi connectivity index (χ1v) is 6.17. The number of carbonyl (C=O) groups excluding carboxylic acids is 1. The Bertz CT molecular complexity index is 543. The summed E-state index contributed by atoms with van der Waals surface area (Å²) in [6.45, 7) is 3.55. The average Bonchev–Trinajstić information content (AvgIpc) is 2.28. The van der Waals surface area contributed by atoms with Crippen molar-refractivity contribution in [1.82, 2.24) is 4.98 Å². The minimum atomic E-state index is -0.526. The van der Waals surface area contributed by atoms with Crippen molar-refractivity contribution < 1.29 is 9.53 Å². The molecule has 0 radical (unpaired) electrons. The second-order valence-electron chi connectivity index (χ2n) is 3.19. The van der Waals surface area contributed by atoms with Crippen molar-refractivity contribution in [2.45, 2.75) is 18.7 Å². The second kappa shape index (κ2) is 5.55. The molecule has 1 rings (SSSR count). The molecule has 0 amide bonds. The highest BCUT2D eigenvalue weighted by atomic mass is 32.2. The van der Waals surface area contributed by atoms with E-state index >= 15 is 0 Å². The number of aromatic nitrogens is 1. The molecule has 0 bridgehead atoms. The van der Waals surface area contributed by atoms with Crippen LogP contribution in [0.3, 0.4) is 0 Å². The van der Waals surface area contributed by atoms with Crippen LogP contribution in [0, 0.1) is 18.3 Å². The SMILES string of the molecule is CCOC(=O)c1c(C)[nH]c(=O)c(C#N)c1SC. The van der Waals surface area contributed by atoms with Gasteiger partial charge < -0.3 is 9.72 Å². The topological polar surface area (TPSA) is 83.0 Å². The van der Waals surface area contributed by atoms with Gasteiger partial charge in [0.1, 0.15) is 11.6 Å². The first kappa shape index (κ1) is 13.3. The molecule has 0 saturated carbocycles. The molecule has 0 aliphatic rings. The van der Waals surface area contributed by atoms with E-state index < -0.39 is 11.5 Å². The van der Waals surface area contributed by atoms with Gasteiger partial charge in [0.25, 0.3) is 5.56 Å². The zero-order chi connectivity index (χ0) is 13.0. The third-order valence-electron chi connectivity index (χ3n) is 2.15. The van der Waals surface area contributed by atoms with E-state index in [0.717, 1.165) is 0 Å². The minimum Gasteiger partial charge on any atom is -0.462 e. The number of esters is 1. The summed E-state index contributed by atoms with van der Waals surface area (Å²) in [6.07, 6.45) is 1.71. The Kier molecular flexibility index (Phi) is 4.35. The second-order valence-corrected chi connectivity index (χ2v) is 4.01. The minimum absolute atomic E-state index is 0.0499. The van der Waals surface area contributed by atoms with Gasteiger partial charge in [-0.05, 0) is 20.1 Å². The number of pyridine rings is 1. The monoisotopic (exact) mass is 252 g/mol. The molecule has 0 aromatic carbocycles. The standard InChI is InChI=1S/C11H12N2O3S/c1-4-16-11(15)8-6(2)13-10(14)7(5-12)9(8)17-3/h4H2,1-3H3,(H,13,14). The summed E-state index contributed by atoms with van der Waals surface area (Å²) in [6, 6.07) is 1.81. The van der Waals surface area contributed by atoms with E-state index in [4.69, 9.17) is 10.00 Å². The van der Waals surface area contributed by atoms with Gasteiger partial charge in [-0.3, -0.25) is 4.79 Å². The molecule has 0 fully saturated rings. The van der Waals surface area contributed by atoms with Crippen LogP contribution in [0.5, 0.6) is 0 Å². The number of nitriles is 1. The van der Waals surface area contributed by atoms with Crippen LogP contribution >= 0.6 is 11.8 Å². The van der Waals surface area contributed by atoms with Crippen LogP contribution in [0.4, 0.5) is 0 Å². The normalized spacial score (nSPS) is 9.76. The first-order chi connectivity index (χ1) is 8.06. The van der Waals surface area contributed by atoms with Crippen LogP contribution in [0.1, 0.15) is 28.5 Å². The largest absolute Gasteiger partial charge is 0.462 e. The lowest BCUT2D eigenvalue weighted by Crippen LogP contribution is -2.19. The third-order valence-corrected chi connectivity index (χ3v) is 2.97. The van der Waals surface area contributed by atoms with E-state index in [9.17, 15) is 9.59 Å². The summed E-state index contributed by atoms with van der Waals surface area (Å²) in [5.41, 5.74) is 0.140. The molecule has 1 N–H and O–H groups in total. The van der Waals surface area contributed by atoms with Crippen molar-refractivity contribution >= 4 is 17.7 Å². The lowest BCUT2D eigenvalue weighted by Gasteiger charge is -2.10. The predicted octanol–water partition coefficient (Wildman–Crippen LogP) is 1.45. The maximum atomic E-state index is 11.8. The van der Waals surface area contributed by atoms with Gasteiger partial charge in [0.15, 0.2) is 0 Å².